The number of anilines is 1. The van der Waals surface area contributed by atoms with Gasteiger partial charge in [0.15, 0.2) is 0 Å². The predicted octanol–water partition coefficient (Wildman–Crippen LogP) is 2.27. The first-order chi connectivity index (χ1) is 9.10. The summed E-state index contributed by atoms with van der Waals surface area (Å²) in [6.07, 6.45) is 0. The Labute approximate surface area is 120 Å². The van der Waals surface area contributed by atoms with Crippen LogP contribution in [-0.4, -0.2) is 23.6 Å². The van der Waals surface area contributed by atoms with Crippen LogP contribution in [0, 0.1) is 0 Å². The van der Waals surface area contributed by atoms with Crippen LogP contribution in [0.3, 0.4) is 0 Å². The van der Waals surface area contributed by atoms with Crippen molar-refractivity contribution in [3.63, 3.8) is 0 Å². The smallest absolute Gasteiger partial charge is 0.247 e. The fraction of sp³-hybridized carbons (Fsp3) is 0.231. The Morgan fingerprint density at radius 1 is 1.37 bits per heavy atom. The summed E-state index contributed by atoms with van der Waals surface area (Å²) in [5, 5.41) is 8.43. The van der Waals surface area contributed by atoms with Crippen LogP contribution < -0.4 is 10.6 Å². The maximum Gasteiger partial charge on any atom is 0.247 e. The molecule has 0 saturated heterocycles. The van der Waals surface area contributed by atoms with Crippen molar-refractivity contribution >= 4 is 51.6 Å². The summed E-state index contributed by atoms with van der Waals surface area (Å²) in [6, 6.07) is 7.09. The average Bonchev–Trinajstić information content (AvgIpc) is 2.82. The topological polar surface area (TPSA) is 58.2 Å². The zero-order chi connectivity index (χ0) is 13.8. The first kappa shape index (κ1) is 13.9. The monoisotopic (exact) mass is 294 g/mol. The van der Waals surface area contributed by atoms with Crippen LogP contribution in [0.15, 0.2) is 29.6 Å². The molecule has 4 nitrogen and oxygen atoms in total. The van der Waals surface area contributed by atoms with E-state index in [-0.39, 0.29) is 17.6 Å². The van der Waals surface area contributed by atoms with Crippen molar-refractivity contribution in [2.45, 2.75) is 13.0 Å². The Morgan fingerprint density at radius 3 is 2.84 bits per heavy atom. The van der Waals surface area contributed by atoms with Gasteiger partial charge < -0.3 is 10.6 Å². The number of amides is 2. The van der Waals surface area contributed by atoms with Crippen LogP contribution in [-0.2, 0) is 9.59 Å². The van der Waals surface area contributed by atoms with E-state index < -0.39 is 6.04 Å². The molecule has 6 heteroatoms. The number of hydrogen-bond donors (Lipinski definition) is 3. The van der Waals surface area contributed by atoms with Gasteiger partial charge in [-0.2, -0.15) is 12.6 Å². The number of hydrogen-bond acceptors (Lipinski definition) is 4. The normalized spacial score (nSPS) is 12.1. The van der Waals surface area contributed by atoms with Gasteiger partial charge in [0.05, 0.1) is 0 Å². The summed E-state index contributed by atoms with van der Waals surface area (Å²) in [4.78, 5) is 23.0. The maximum absolute atomic E-state index is 12.0. The van der Waals surface area contributed by atoms with E-state index in [1.54, 1.807) is 11.3 Å². The number of carbonyl (C=O) groups is 2. The molecule has 2 rings (SSSR count). The molecule has 2 N–H and O–H groups in total. The molecule has 0 spiro atoms. The number of benzene rings is 1. The summed E-state index contributed by atoms with van der Waals surface area (Å²) in [5.41, 5.74) is 0.716. The highest BCUT2D eigenvalue weighted by molar-refractivity contribution is 7.80. The Kier molecular flexibility index (Phi) is 4.44. The average molecular weight is 294 g/mol. The summed E-state index contributed by atoms with van der Waals surface area (Å²) in [5.74, 6) is -0.256. The fourth-order valence-electron chi connectivity index (χ4n) is 1.71. The van der Waals surface area contributed by atoms with Gasteiger partial charge in [-0.1, -0.05) is 0 Å². The van der Waals surface area contributed by atoms with Gasteiger partial charge in [0.25, 0.3) is 0 Å². The number of nitrogens with one attached hydrogen (secondary N) is 2. The molecule has 0 fully saturated rings. The number of carbonyl (C=O) groups excluding carboxylic acids is 2. The molecule has 100 valence electrons. The molecule has 1 unspecified atom stereocenters. The third-order valence-corrected chi connectivity index (χ3v) is 3.86. The maximum atomic E-state index is 12.0. The lowest BCUT2D eigenvalue weighted by Gasteiger charge is -2.15. The van der Waals surface area contributed by atoms with Crippen LogP contribution in [0.25, 0.3) is 10.1 Å². The van der Waals surface area contributed by atoms with E-state index in [2.05, 4.69) is 23.3 Å². The van der Waals surface area contributed by atoms with Crippen molar-refractivity contribution in [3.8, 4) is 0 Å². The van der Waals surface area contributed by atoms with Crippen molar-refractivity contribution in [1.29, 1.82) is 0 Å². The van der Waals surface area contributed by atoms with Crippen LogP contribution >= 0.6 is 24.0 Å². The molecule has 0 bridgehead atoms. The van der Waals surface area contributed by atoms with Gasteiger partial charge in [-0.25, -0.2) is 0 Å². The van der Waals surface area contributed by atoms with Crippen molar-refractivity contribution in [2.75, 3.05) is 11.1 Å². The minimum atomic E-state index is -0.626. The molecule has 0 aliphatic rings. The van der Waals surface area contributed by atoms with Gasteiger partial charge in [-0.15, -0.1) is 11.3 Å². The highest BCUT2D eigenvalue weighted by Gasteiger charge is 2.17. The van der Waals surface area contributed by atoms with E-state index in [9.17, 15) is 9.59 Å². The van der Waals surface area contributed by atoms with Crippen molar-refractivity contribution in [1.82, 2.24) is 5.32 Å². The molecule has 0 aliphatic carbocycles. The van der Waals surface area contributed by atoms with Crippen LogP contribution in [0.5, 0.6) is 0 Å². The Morgan fingerprint density at radius 2 is 2.16 bits per heavy atom. The Bertz CT molecular complexity index is 609. The largest absolute Gasteiger partial charge is 0.344 e. The van der Waals surface area contributed by atoms with Gasteiger partial charge in [0.1, 0.15) is 6.04 Å². The molecule has 0 radical (unpaired) electrons. The molecule has 1 heterocycles. The zero-order valence-corrected chi connectivity index (χ0v) is 12.1. The number of fused-ring (bicyclic) bond motifs is 1. The Balaban J connectivity index is 2.10. The van der Waals surface area contributed by atoms with E-state index in [1.807, 2.05) is 29.6 Å². The number of rotatable bonds is 4. The van der Waals surface area contributed by atoms with E-state index in [0.29, 0.717) is 5.69 Å². The first-order valence-corrected chi connectivity index (χ1v) is 7.27. The number of thiol groups is 1. The minimum absolute atomic E-state index is 0.248. The molecule has 1 atom stereocenters. The van der Waals surface area contributed by atoms with Gasteiger partial charge in [-0.3, -0.25) is 9.59 Å². The fourth-order valence-corrected chi connectivity index (χ4v) is 2.74. The molecular weight excluding hydrogens is 280 g/mol. The molecule has 2 amide bonds. The van der Waals surface area contributed by atoms with E-state index in [1.165, 1.54) is 11.6 Å². The summed E-state index contributed by atoms with van der Waals surface area (Å²) in [7, 11) is 0. The molecule has 0 aliphatic heterocycles. The SMILES string of the molecule is CC(=O)NC(CS)C(=O)Nc1ccc2sccc2c1. The summed E-state index contributed by atoms with van der Waals surface area (Å²) < 4.78 is 1.17. The first-order valence-electron chi connectivity index (χ1n) is 5.76. The lowest BCUT2D eigenvalue weighted by atomic mass is 10.2. The van der Waals surface area contributed by atoms with E-state index >= 15 is 0 Å². The van der Waals surface area contributed by atoms with Gasteiger partial charge in [0, 0.05) is 23.1 Å². The van der Waals surface area contributed by atoms with Crippen LogP contribution in [0.1, 0.15) is 6.92 Å². The lowest BCUT2D eigenvalue weighted by molar-refractivity contribution is -0.124. The standard InChI is InChI=1S/C13H14N2O2S2/c1-8(16)14-11(7-18)13(17)15-10-2-3-12-9(6-10)4-5-19-12/h2-6,11,18H,7H2,1H3,(H,14,16)(H,15,17). The quantitative estimate of drug-likeness (QED) is 0.758. The van der Waals surface area contributed by atoms with Crippen molar-refractivity contribution < 1.29 is 9.59 Å². The highest BCUT2D eigenvalue weighted by Crippen LogP contribution is 2.24. The minimum Gasteiger partial charge on any atom is -0.344 e. The zero-order valence-electron chi connectivity index (χ0n) is 10.3. The summed E-state index contributed by atoms with van der Waals surface area (Å²) in [6.45, 7) is 1.38. The second-order valence-corrected chi connectivity index (χ2v) is 5.41. The van der Waals surface area contributed by atoms with E-state index in [4.69, 9.17) is 0 Å². The second-order valence-electron chi connectivity index (χ2n) is 4.10. The van der Waals surface area contributed by atoms with Gasteiger partial charge in [0.2, 0.25) is 11.8 Å². The third kappa shape index (κ3) is 3.48. The van der Waals surface area contributed by atoms with E-state index in [0.717, 1.165) is 5.39 Å². The molecule has 19 heavy (non-hydrogen) atoms. The predicted molar refractivity (Wildman–Crippen MR) is 81.9 cm³/mol. The van der Waals surface area contributed by atoms with Gasteiger partial charge >= 0.3 is 0 Å². The molecular formula is C13H14N2O2S2. The summed E-state index contributed by atoms with van der Waals surface area (Å²) >= 11 is 5.72. The number of thiophene rings is 1. The van der Waals surface area contributed by atoms with Crippen LogP contribution in [0.2, 0.25) is 0 Å². The third-order valence-electron chi connectivity index (χ3n) is 2.60. The van der Waals surface area contributed by atoms with Crippen molar-refractivity contribution in [2.24, 2.45) is 0 Å². The molecule has 0 saturated carbocycles. The molecule has 1 aromatic carbocycles. The Hall–Kier alpha value is -1.53. The highest BCUT2D eigenvalue weighted by atomic mass is 32.1. The van der Waals surface area contributed by atoms with Crippen molar-refractivity contribution in [3.05, 3.63) is 29.6 Å². The second kappa shape index (κ2) is 6.08. The lowest BCUT2D eigenvalue weighted by Crippen LogP contribution is -2.44. The van der Waals surface area contributed by atoms with Gasteiger partial charge in [-0.05, 0) is 35.0 Å². The molecule has 2 aromatic rings. The molecule has 1 aromatic heterocycles. The van der Waals surface area contributed by atoms with Crippen LogP contribution in [0.4, 0.5) is 5.69 Å².